The molecule has 0 rings (SSSR count). The maximum atomic E-state index is 8.66. The molecule has 0 aliphatic heterocycles. The van der Waals surface area contributed by atoms with E-state index < -0.39 is 12.1 Å². The Morgan fingerprint density at radius 1 is 1.00 bits per heavy atom. The average molecular weight is 248 g/mol. The van der Waals surface area contributed by atoms with Crippen LogP contribution in [0.4, 0.5) is 0 Å². The monoisotopic (exact) mass is 248 g/mol. The van der Waals surface area contributed by atoms with Gasteiger partial charge in [0, 0.05) is 5.41 Å². The standard InChI is InChI=1S/C6H14O3.H3O3PS/c1-2-6(3-7,4-8)5-9;1-4(2,3)5/h7-9H,2-5H2,1H3;(H3,1,2,3,5). The first kappa shape index (κ1) is 16.8. The van der Waals surface area contributed by atoms with E-state index in [1.807, 2.05) is 6.92 Å². The van der Waals surface area contributed by atoms with Crippen LogP contribution in [-0.2, 0) is 11.8 Å². The minimum absolute atomic E-state index is 0.156. The minimum atomic E-state index is -3.81. The van der Waals surface area contributed by atoms with Gasteiger partial charge in [0.2, 0.25) is 0 Å². The molecule has 0 aliphatic rings. The zero-order valence-corrected chi connectivity index (χ0v) is 9.58. The van der Waals surface area contributed by atoms with E-state index in [4.69, 9.17) is 30.0 Å². The lowest BCUT2D eigenvalue weighted by atomic mass is 9.88. The third-order valence-electron chi connectivity index (χ3n) is 1.76. The second kappa shape index (κ2) is 7.67. The van der Waals surface area contributed by atoms with Crippen LogP contribution in [0.3, 0.4) is 0 Å². The highest BCUT2D eigenvalue weighted by molar-refractivity contribution is 8.06. The van der Waals surface area contributed by atoms with E-state index in [-0.39, 0.29) is 19.8 Å². The zero-order chi connectivity index (χ0) is 11.8. The van der Waals surface area contributed by atoms with Gasteiger partial charge < -0.3 is 30.0 Å². The van der Waals surface area contributed by atoms with E-state index in [0.29, 0.717) is 6.42 Å². The van der Waals surface area contributed by atoms with Crippen LogP contribution in [0.2, 0.25) is 0 Å². The number of hydrogen-bond acceptors (Lipinski definition) is 4. The summed E-state index contributed by atoms with van der Waals surface area (Å²) in [5, 5.41) is 26.0. The Morgan fingerprint density at radius 3 is 1.21 bits per heavy atom. The van der Waals surface area contributed by atoms with Crippen LogP contribution in [0.1, 0.15) is 13.3 Å². The molecule has 14 heavy (non-hydrogen) atoms. The summed E-state index contributed by atoms with van der Waals surface area (Å²) < 4.78 is 0. The van der Waals surface area contributed by atoms with Crippen molar-refractivity contribution < 1.29 is 30.0 Å². The second-order valence-corrected chi connectivity index (χ2v) is 5.34. The third kappa shape index (κ3) is 10.5. The molecule has 0 radical (unpaired) electrons. The molecule has 0 unspecified atom stereocenters. The first-order valence-electron chi connectivity index (χ1n) is 3.85. The van der Waals surface area contributed by atoms with Crippen molar-refractivity contribution in [2.24, 2.45) is 5.41 Å². The predicted octanol–water partition coefficient (Wildman–Crippen LogP) is -1.45. The summed E-state index contributed by atoms with van der Waals surface area (Å²) in [5.41, 5.74) is -0.667. The average Bonchev–Trinajstić information content (AvgIpc) is 2.07. The van der Waals surface area contributed by atoms with Gasteiger partial charge in [0.1, 0.15) is 0 Å². The molecule has 6 nitrogen and oxygen atoms in total. The fourth-order valence-electron chi connectivity index (χ4n) is 0.485. The van der Waals surface area contributed by atoms with Crippen molar-refractivity contribution in [2.45, 2.75) is 13.3 Å². The van der Waals surface area contributed by atoms with Crippen molar-refractivity contribution in [1.29, 1.82) is 0 Å². The van der Waals surface area contributed by atoms with Gasteiger partial charge >= 0.3 is 6.72 Å². The van der Waals surface area contributed by atoms with Gasteiger partial charge in [-0.3, -0.25) is 0 Å². The Hall–Kier alpha value is 0.410. The summed E-state index contributed by atoms with van der Waals surface area (Å²) >= 11 is 3.60. The molecule has 8 heteroatoms. The summed E-state index contributed by atoms with van der Waals surface area (Å²) in [6, 6.07) is 0. The maximum absolute atomic E-state index is 8.66. The lowest BCUT2D eigenvalue weighted by Crippen LogP contribution is -2.32. The topological polar surface area (TPSA) is 121 Å². The highest BCUT2D eigenvalue weighted by Crippen LogP contribution is 2.26. The summed E-state index contributed by atoms with van der Waals surface area (Å²) in [6.45, 7) is -2.45. The molecule has 0 saturated carbocycles. The van der Waals surface area contributed by atoms with E-state index in [0.717, 1.165) is 0 Å². The van der Waals surface area contributed by atoms with Crippen LogP contribution in [0.5, 0.6) is 0 Å². The summed E-state index contributed by atoms with van der Waals surface area (Å²) in [7, 11) is 0. The fraction of sp³-hybridized carbons (Fsp3) is 1.00. The Balaban J connectivity index is 0. The van der Waals surface area contributed by atoms with Gasteiger partial charge in [-0.1, -0.05) is 6.92 Å². The van der Waals surface area contributed by atoms with Gasteiger partial charge in [-0.25, -0.2) is 0 Å². The molecule has 0 bridgehead atoms. The molecule has 0 aromatic heterocycles. The van der Waals surface area contributed by atoms with Crippen LogP contribution in [0, 0.1) is 5.41 Å². The maximum Gasteiger partial charge on any atom is 0.319 e. The Bertz CT molecular complexity index is 151. The van der Waals surface area contributed by atoms with Gasteiger partial charge in [-0.2, -0.15) is 0 Å². The molecular formula is C6H17O6PS. The summed E-state index contributed by atoms with van der Waals surface area (Å²) in [4.78, 5) is 22.7. The molecule has 0 amide bonds. The second-order valence-electron chi connectivity index (χ2n) is 2.84. The number of rotatable bonds is 4. The van der Waals surface area contributed by atoms with Crippen molar-refractivity contribution in [3.63, 3.8) is 0 Å². The van der Waals surface area contributed by atoms with Crippen LogP contribution in [0.25, 0.3) is 0 Å². The van der Waals surface area contributed by atoms with Crippen molar-refractivity contribution in [2.75, 3.05) is 19.8 Å². The lowest BCUT2D eigenvalue weighted by molar-refractivity contribution is 0.00304. The van der Waals surface area contributed by atoms with E-state index in [9.17, 15) is 0 Å². The molecule has 0 aromatic carbocycles. The van der Waals surface area contributed by atoms with Gasteiger partial charge in [0.05, 0.1) is 19.8 Å². The Morgan fingerprint density at radius 2 is 1.21 bits per heavy atom. The fourth-order valence-corrected chi connectivity index (χ4v) is 0.485. The smallest absolute Gasteiger partial charge is 0.319 e. The molecule has 0 spiro atoms. The normalized spacial score (nSPS) is 11.9. The van der Waals surface area contributed by atoms with Crippen LogP contribution < -0.4 is 0 Å². The molecular weight excluding hydrogens is 231 g/mol. The number of aliphatic hydroxyl groups is 3. The third-order valence-corrected chi connectivity index (χ3v) is 1.76. The van der Waals surface area contributed by atoms with Crippen molar-refractivity contribution in [3.8, 4) is 0 Å². The van der Waals surface area contributed by atoms with Crippen molar-refractivity contribution in [1.82, 2.24) is 0 Å². The van der Waals surface area contributed by atoms with Gasteiger partial charge in [0.15, 0.2) is 0 Å². The van der Waals surface area contributed by atoms with Gasteiger partial charge in [-0.15, -0.1) is 0 Å². The van der Waals surface area contributed by atoms with E-state index in [1.54, 1.807) is 0 Å². The molecule has 6 N–H and O–H groups in total. The molecule has 0 fully saturated rings. The molecule has 88 valence electrons. The first-order valence-corrected chi connectivity index (χ1v) is 6.51. The zero-order valence-electron chi connectivity index (χ0n) is 7.87. The largest absolute Gasteiger partial charge is 0.396 e. The van der Waals surface area contributed by atoms with Crippen molar-refractivity contribution >= 4 is 18.5 Å². The quantitative estimate of drug-likeness (QED) is 0.336. The molecule has 0 heterocycles. The van der Waals surface area contributed by atoms with E-state index >= 15 is 0 Å². The van der Waals surface area contributed by atoms with Crippen LogP contribution >= 0.6 is 6.72 Å². The van der Waals surface area contributed by atoms with Gasteiger partial charge in [-0.05, 0) is 18.2 Å². The van der Waals surface area contributed by atoms with Gasteiger partial charge in [0.25, 0.3) is 0 Å². The SMILES string of the molecule is CCC(CO)(CO)CO.OP(O)(O)=S. The Kier molecular flexibility index (Phi) is 9.22. The Labute approximate surface area is 87.7 Å². The summed E-state index contributed by atoms with van der Waals surface area (Å²) in [6.07, 6.45) is 0.594. The van der Waals surface area contributed by atoms with Crippen LogP contribution in [-0.4, -0.2) is 49.8 Å². The van der Waals surface area contributed by atoms with E-state index in [2.05, 4.69) is 11.8 Å². The highest BCUT2D eigenvalue weighted by Gasteiger charge is 2.24. The molecule has 0 atom stereocenters. The first-order chi connectivity index (χ1) is 6.24. The molecule has 0 aromatic rings. The minimum Gasteiger partial charge on any atom is -0.396 e. The summed E-state index contributed by atoms with van der Waals surface area (Å²) in [5.74, 6) is 0. The van der Waals surface area contributed by atoms with Crippen molar-refractivity contribution in [3.05, 3.63) is 0 Å². The molecule has 0 aliphatic carbocycles. The molecule has 0 saturated heterocycles. The number of aliphatic hydroxyl groups excluding tert-OH is 3. The lowest BCUT2D eigenvalue weighted by Gasteiger charge is -2.24. The number of hydrogen-bond donors (Lipinski definition) is 6. The van der Waals surface area contributed by atoms with Crippen LogP contribution in [0.15, 0.2) is 0 Å². The van der Waals surface area contributed by atoms with E-state index in [1.165, 1.54) is 0 Å². The highest BCUT2D eigenvalue weighted by atomic mass is 32.5. The predicted molar refractivity (Wildman–Crippen MR) is 54.9 cm³/mol.